The minimum Gasteiger partial charge on any atom is -0.378 e. The summed E-state index contributed by atoms with van der Waals surface area (Å²) in [7, 11) is 0. The molecular formula is C19H20N2O4. The smallest absolute Gasteiger partial charge is 0.241 e. The number of anilines is 2. The van der Waals surface area contributed by atoms with Gasteiger partial charge in [0.05, 0.1) is 42.4 Å². The number of morpholine rings is 1. The first-order chi connectivity index (χ1) is 12.1. The van der Waals surface area contributed by atoms with Crippen LogP contribution < -0.4 is 9.80 Å². The van der Waals surface area contributed by atoms with Crippen LogP contribution in [0.4, 0.5) is 11.4 Å². The zero-order valence-corrected chi connectivity index (χ0v) is 14.1. The molecule has 6 nitrogen and oxygen atoms in total. The molecule has 4 aliphatic rings. The molecule has 2 bridgehead atoms. The Morgan fingerprint density at radius 1 is 1.04 bits per heavy atom. The lowest BCUT2D eigenvalue weighted by Crippen LogP contribution is -2.38. The van der Waals surface area contributed by atoms with E-state index in [9.17, 15) is 9.59 Å². The highest BCUT2D eigenvalue weighted by Crippen LogP contribution is 2.52. The van der Waals surface area contributed by atoms with E-state index in [2.05, 4.69) is 4.90 Å². The summed E-state index contributed by atoms with van der Waals surface area (Å²) in [6.07, 6.45) is 3.57. The Balaban J connectivity index is 1.42. The summed E-state index contributed by atoms with van der Waals surface area (Å²) in [5, 5.41) is 0. The quantitative estimate of drug-likeness (QED) is 0.601. The number of carbonyl (C=O) groups is 2. The summed E-state index contributed by atoms with van der Waals surface area (Å²) in [6, 6.07) is 7.67. The van der Waals surface area contributed by atoms with E-state index in [1.54, 1.807) is 0 Å². The van der Waals surface area contributed by atoms with Crippen molar-refractivity contribution in [3.05, 3.63) is 36.4 Å². The summed E-state index contributed by atoms with van der Waals surface area (Å²) in [5.41, 5.74) is 1.08. The third-order valence-corrected chi connectivity index (χ3v) is 5.81. The molecule has 0 saturated carbocycles. The first kappa shape index (κ1) is 15.1. The van der Waals surface area contributed by atoms with Crippen molar-refractivity contribution in [2.45, 2.75) is 18.6 Å². The van der Waals surface area contributed by atoms with Crippen molar-refractivity contribution < 1.29 is 19.1 Å². The third kappa shape index (κ3) is 2.04. The number of hydrogen-bond donors (Lipinski definition) is 0. The number of nitrogens with zero attached hydrogens (tertiary/aromatic N) is 2. The van der Waals surface area contributed by atoms with Crippen molar-refractivity contribution in [3.63, 3.8) is 0 Å². The number of hydrogen-bond acceptors (Lipinski definition) is 5. The first-order valence-electron chi connectivity index (χ1n) is 8.76. The van der Waals surface area contributed by atoms with Gasteiger partial charge in [0.2, 0.25) is 11.8 Å². The predicted octanol–water partition coefficient (Wildman–Crippen LogP) is 1.36. The van der Waals surface area contributed by atoms with Gasteiger partial charge in [0.25, 0.3) is 0 Å². The van der Waals surface area contributed by atoms with Gasteiger partial charge in [-0.05, 0) is 31.2 Å². The van der Waals surface area contributed by atoms with Gasteiger partial charge in [-0.3, -0.25) is 9.59 Å². The molecule has 4 aliphatic heterocycles. The fourth-order valence-corrected chi connectivity index (χ4v) is 4.54. The van der Waals surface area contributed by atoms with Crippen molar-refractivity contribution in [2.24, 2.45) is 11.8 Å². The van der Waals surface area contributed by atoms with Crippen LogP contribution in [0, 0.1) is 11.8 Å². The van der Waals surface area contributed by atoms with Crippen molar-refractivity contribution in [3.8, 4) is 0 Å². The number of fused-ring (bicyclic) bond motifs is 5. The fraction of sp³-hybridized carbons (Fsp3) is 0.474. The van der Waals surface area contributed by atoms with Crippen molar-refractivity contribution in [1.82, 2.24) is 0 Å². The lowest BCUT2D eigenvalue weighted by Gasteiger charge is -2.29. The van der Waals surface area contributed by atoms with Crippen LogP contribution in [0.15, 0.2) is 36.4 Å². The Bertz CT molecular complexity index is 768. The Labute approximate surface area is 146 Å². The topological polar surface area (TPSA) is 59.1 Å². The summed E-state index contributed by atoms with van der Waals surface area (Å²) < 4.78 is 11.2. The monoisotopic (exact) mass is 340 g/mol. The maximum Gasteiger partial charge on any atom is 0.241 e. The highest BCUT2D eigenvalue weighted by atomic mass is 16.5. The molecule has 0 spiro atoms. The zero-order valence-electron chi connectivity index (χ0n) is 14.1. The molecule has 6 heteroatoms. The van der Waals surface area contributed by atoms with Gasteiger partial charge >= 0.3 is 0 Å². The van der Waals surface area contributed by atoms with Gasteiger partial charge < -0.3 is 14.4 Å². The minimum absolute atomic E-state index is 0.146. The third-order valence-electron chi connectivity index (χ3n) is 5.81. The van der Waals surface area contributed by atoms with Crippen LogP contribution in [-0.4, -0.2) is 49.8 Å². The van der Waals surface area contributed by atoms with Crippen LogP contribution in [0.25, 0.3) is 0 Å². The van der Waals surface area contributed by atoms with Gasteiger partial charge in [-0.1, -0.05) is 12.2 Å². The molecule has 130 valence electrons. The second-order valence-corrected chi connectivity index (χ2v) is 7.26. The molecule has 0 aliphatic carbocycles. The second kappa shape index (κ2) is 5.16. The molecule has 0 unspecified atom stereocenters. The Hall–Kier alpha value is -2.18. The molecule has 3 saturated heterocycles. The number of imide groups is 1. The van der Waals surface area contributed by atoms with E-state index < -0.39 is 11.5 Å². The van der Waals surface area contributed by atoms with Gasteiger partial charge in [0, 0.05) is 18.8 Å². The summed E-state index contributed by atoms with van der Waals surface area (Å²) in [5.74, 6) is -1.09. The molecule has 4 heterocycles. The summed E-state index contributed by atoms with van der Waals surface area (Å²) in [4.78, 5) is 29.4. The molecule has 0 N–H and O–H groups in total. The van der Waals surface area contributed by atoms with Crippen LogP contribution in [0.2, 0.25) is 0 Å². The van der Waals surface area contributed by atoms with Crippen molar-refractivity contribution in [1.29, 1.82) is 0 Å². The highest BCUT2D eigenvalue weighted by molar-refractivity contribution is 6.23. The maximum absolute atomic E-state index is 12.9. The van der Waals surface area contributed by atoms with Gasteiger partial charge in [-0.25, -0.2) is 4.90 Å². The lowest BCUT2D eigenvalue weighted by atomic mass is 9.78. The molecule has 1 aromatic carbocycles. The Morgan fingerprint density at radius 3 is 2.40 bits per heavy atom. The largest absolute Gasteiger partial charge is 0.378 e. The van der Waals surface area contributed by atoms with Crippen LogP contribution in [0.5, 0.6) is 0 Å². The Morgan fingerprint density at radius 2 is 1.72 bits per heavy atom. The molecule has 2 amide bonds. The second-order valence-electron chi connectivity index (χ2n) is 7.26. The molecule has 0 aromatic heterocycles. The van der Waals surface area contributed by atoms with Crippen LogP contribution in [0.1, 0.15) is 6.92 Å². The zero-order chi connectivity index (χ0) is 17.2. The lowest BCUT2D eigenvalue weighted by molar-refractivity contribution is -0.126. The number of ether oxygens (including phenoxy) is 2. The SMILES string of the molecule is C[C@@]12C=C[C@@H](O1)[C@@H]1C(=O)N(c3ccc(N4CCOCC4)cc3)C(=O)[C@@H]12. The van der Waals surface area contributed by atoms with Gasteiger partial charge in [0.15, 0.2) is 0 Å². The maximum atomic E-state index is 12.9. The average molecular weight is 340 g/mol. The molecular weight excluding hydrogens is 320 g/mol. The molecule has 4 atom stereocenters. The normalized spacial score (nSPS) is 36.4. The molecule has 1 aromatic rings. The van der Waals surface area contributed by atoms with E-state index in [0.29, 0.717) is 5.69 Å². The van der Waals surface area contributed by atoms with Gasteiger partial charge in [-0.15, -0.1) is 0 Å². The number of rotatable bonds is 2. The fourth-order valence-electron chi connectivity index (χ4n) is 4.54. The van der Waals surface area contributed by atoms with Crippen LogP contribution in [0.3, 0.4) is 0 Å². The van der Waals surface area contributed by atoms with E-state index in [-0.39, 0.29) is 23.8 Å². The molecule has 5 rings (SSSR count). The number of amides is 2. The van der Waals surface area contributed by atoms with Crippen molar-refractivity contribution >= 4 is 23.2 Å². The van der Waals surface area contributed by atoms with E-state index in [1.807, 2.05) is 43.3 Å². The average Bonchev–Trinajstić information content (AvgIpc) is 3.25. The summed E-state index contributed by atoms with van der Waals surface area (Å²) in [6.45, 7) is 5.05. The van der Waals surface area contributed by atoms with E-state index in [0.717, 1.165) is 32.0 Å². The standard InChI is InChI=1S/C19H20N2O4/c1-19-7-6-14(25-19)15-16(19)18(23)21(17(15)22)13-4-2-12(3-5-13)20-8-10-24-11-9-20/h2-7,14-16H,8-11H2,1H3/t14-,15+,16-,19+/m1/s1. The van der Waals surface area contributed by atoms with E-state index in [1.165, 1.54) is 4.90 Å². The number of carbonyl (C=O) groups excluding carboxylic acids is 2. The number of benzene rings is 1. The molecule has 3 fully saturated rings. The van der Waals surface area contributed by atoms with Crippen LogP contribution in [-0.2, 0) is 19.1 Å². The molecule has 0 radical (unpaired) electrons. The summed E-state index contributed by atoms with van der Waals surface area (Å²) >= 11 is 0. The van der Waals surface area contributed by atoms with Gasteiger partial charge in [-0.2, -0.15) is 0 Å². The van der Waals surface area contributed by atoms with Crippen LogP contribution >= 0.6 is 0 Å². The highest BCUT2D eigenvalue weighted by Gasteiger charge is 2.66. The van der Waals surface area contributed by atoms with E-state index >= 15 is 0 Å². The molecule has 25 heavy (non-hydrogen) atoms. The van der Waals surface area contributed by atoms with E-state index in [4.69, 9.17) is 9.47 Å². The Kier molecular flexibility index (Phi) is 3.12. The predicted molar refractivity (Wildman–Crippen MR) is 91.4 cm³/mol. The van der Waals surface area contributed by atoms with Gasteiger partial charge in [0.1, 0.15) is 0 Å². The minimum atomic E-state index is -0.648. The van der Waals surface area contributed by atoms with Crippen molar-refractivity contribution in [2.75, 3.05) is 36.1 Å². The first-order valence-corrected chi connectivity index (χ1v) is 8.76.